The van der Waals surface area contributed by atoms with Gasteiger partial charge in [0.2, 0.25) is 0 Å². The molecular weight excluding hydrogens is 268 g/mol. The highest BCUT2D eigenvalue weighted by Gasteiger charge is 2.21. The quantitative estimate of drug-likeness (QED) is 0.838. The summed E-state index contributed by atoms with van der Waals surface area (Å²) in [6.45, 7) is 5.08. The number of hydrogen-bond acceptors (Lipinski definition) is 3. The second-order valence-corrected chi connectivity index (χ2v) is 5.47. The molecule has 2 N–H and O–H groups in total. The SMILES string of the molecule is CC(=O)c1ccc(NC(=O)NC(C)C2CCOCC2)cc1. The Morgan fingerprint density at radius 2 is 1.81 bits per heavy atom. The first kappa shape index (κ1) is 15.5. The van der Waals surface area contributed by atoms with Crippen LogP contribution in [0.2, 0.25) is 0 Å². The number of amides is 2. The van der Waals surface area contributed by atoms with Gasteiger partial charge in [-0.2, -0.15) is 0 Å². The number of benzene rings is 1. The zero-order valence-corrected chi connectivity index (χ0v) is 12.5. The van der Waals surface area contributed by atoms with E-state index in [1.54, 1.807) is 24.3 Å². The summed E-state index contributed by atoms with van der Waals surface area (Å²) in [5, 5.41) is 5.75. The molecule has 1 aromatic rings. The summed E-state index contributed by atoms with van der Waals surface area (Å²) < 4.78 is 5.33. The topological polar surface area (TPSA) is 67.4 Å². The predicted molar refractivity (Wildman–Crippen MR) is 81.6 cm³/mol. The Morgan fingerprint density at radius 1 is 1.19 bits per heavy atom. The van der Waals surface area contributed by atoms with Crippen molar-refractivity contribution in [1.82, 2.24) is 5.32 Å². The number of hydrogen-bond donors (Lipinski definition) is 2. The van der Waals surface area contributed by atoms with Crippen LogP contribution in [-0.4, -0.2) is 31.1 Å². The summed E-state index contributed by atoms with van der Waals surface area (Å²) in [5.41, 5.74) is 1.31. The minimum Gasteiger partial charge on any atom is -0.381 e. The number of anilines is 1. The Balaban J connectivity index is 1.84. The third-order valence-electron chi connectivity index (χ3n) is 3.88. The van der Waals surface area contributed by atoms with Crippen LogP contribution in [0.25, 0.3) is 0 Å². The molecule has 1 aliphatic heterocycles. The molecule has 0 saturated carbocycles. The average Bonchev–Trinajstić information content (AvgIpc) is 2.48. The molecule has 1 unspecified atom stereocenters. The number of ketones is 1. The lowest BCUT2D eigenvalue weighted by Gasteiger charge is -2.28. The Hall–Kier alpha value is -1.88. The maximum atomic E-state index is 12.0. The summed E-state index contributed by atoms with van der Waals surface area (Å²) in [6.07, 6.45) is 1.96. The Morgan fingerprint density at radius 3 is 2.38 bits per heavy atom. The molecule has 0 bridgehead atoms. The maximum absolute atomic E-state index is 12.0. The first-order valence-electron chi connectivity index (χ1n) is 7.32. The minimum atomic E-state index is -0.218. The van der Waals surface area contributed by atoms with Crippen molar-refractivity contribution >= 4 is 17.5 Å². The number of carbonyl (C=O) groups is 2. The van der Waals surface area contributed by atoms with Crippen LogP contribution in [0.5, 0.6) is 0 Å². The number of carbonyl (C=O) groups excluding carboxylic acids is 2. The summed E-state index contributed by atoms with van der Waals surface area (Å²) in [7, 11) is 0. The average molecular weight is 290 g/mol. The molecule has 0 radical (unpaired) electrons. The standard InChI is InChI=1S/C16H22N2O3/c1-11(13-7-9-21-10-8-13)17-16(20)18-15-5-3-14(4-6-15)12(2)19/h3-6,11,13H,7-10H2,1-2H3,(H2,17,18,20). The van der Waals surface area contributed by atoms with E-state index in [2.05, 4.69) is 10.6 Å². The fraction of sp³-hybridized carbons (Fsp3) is 0.500. The molecule has 0 spiro atoms. The summed E-state index contributed by atoms with van der Waals surface area (Å²) in [4.78, 5) is 23.2. The molecule has 2 amide bonds. The van der Waals surface area contributed by atoms with Crippen molar-refractivity contribution in [1.29, 1.82) is 0 Å². The fourth-order valence-electron chi connectivity index (χ4n) is 2.50. The van der Waals surface area contributed by atoms with Gasteiger partial charge in [0.15, 0.2) is 5.78 Å². The van der Waals surface area contributed by atoms with E-state index in [0.29, 0.717) is 17.2 Å². The summed E-state index contributed by atoms with van der Waals surface area (Å²) >= 11 is 0. The molecule has 5 nitrogen and oxygen atoms in total. The van der Waals surface area contributed by atoms with Crippen LogP contribution in [0.15, 0.2) is 24.3 Å². The molecule has 114 valence electrons. The van der Waals surface area contributed by atoms with Crippen molar-refractivity contribution in [3.63, 3.8) is 0 Å². The highest BCUT2D eigenvalue weighted by atomic mass is 16.5. The van der Waals surface area contributed by atoms with Gasteiger partial charge in [-0.1, -0.05) is 0 Å². The molecule has 1 atom stereocenters. The van der Waals surface area contributed by atoms with Gasteiger partial charge in [-0.05, 0) is 56.9 Å². The zero-order chi connectivity index (χ0) is 15.2. The van der Waals surface area contributed by atoms with Crippen molar-refractivity contribution in [3.05, 3.63) is 29.8 Å². The Kier molecular flexibility index (Phi) is 5.33. The van der Waals surface area contributed by atoms with Crippen molar-refractivity contribution in [2.24, 2.45) is 5.92 Å². The molecule has 1 aliphatic rings. The van der Waals surface area contributed by atoms with Gasteiger partial charge >= 0.3 is 6.03 Å². The normalized spacial score (nSPS) is 17.0. The third kappa shape index (κ3) is 4.56. The van der Waals surface area contributed by atoms with Crippen LogP contribution in [0.3, 0.4) is 0 Å². The van der Waals surface area contributed by atoms with E-state index >= 15 is 0 Å². The van der Waals surface area contributed by atoms with E-state index in [9.17, 15) is 9.59 Å². The van der Waals surface area contributed by atoms with Gasteiger partial charge in [-0.25, -0.2) is 4.79 Å². The largest absolute Gasteiger partial charge is 0.381 e. The molecule has 21 heavy (non-hydrogen) atoms. The number of ether oxygens (including phenoxy) is 1. The highest BCUT2D eigenvalue weighted by molar-refractivity contribution is 5.95. The first-order chi connectivity index (χ1) is 10.1. The van der Waals surface area contributed by atoms with Crippen molar-refractivity contribution in [2.45, 2.75) is 32.7 Å². The fourth-order valence-corrected chi connectivity index (χ4v) is 2.50. The van der Waals surface area contributed by atoms with Gasteiger partial charge in [0, 0.05) is 30.5 Å². The summed E-state index contributed by atoms with van der Waals surface area (Å²) in [5.74, 6) is 0.476. The molecule has 1 fully saturated rings. The number of urea groups is 1. The van der Waals surface area contributed by atoms with Gasteiger partial charge in [0.05, 0.1) is 0 Å². The van der Waals surface area contributed by atoms with Crippen molar-refractivity contribution in [2.75, 3.05) is 18.5 Å². The van der Waals surface area contributed by atoms with Gasteiger partial charge < -0.3 is 15.4 Å². The minimum absolute atomic E-state index is 0.0131. The monoisotopic (exact) mass is 290 g/mol. The number of Topliss-reactive ketones (excluding diaryl/α,β-unsaturated/α-hetero) is 1. The molecule has 1 aromatic carbocycles. The molecule has 1 saturated heterocycles. The Labute approximate surface area is 125 Å². The lowest BCUT2D eigenvalue weighted by molar-refractivity contribution is 0.0573. The maximum Gasteiger partial charge on any atom is 0.319 e. The molecule has 0 aromatic heterocycles. The third-order valence-corrected chi connectivity index (χ3v) is 3.88. The second kappa shape index (κ2) is 7.22. The second-order valence-electron chi connectivity index (χ2n) is 5.47. The van der Waals surface area contributed by atoms with Crippen LogP contribution in [0.4, 0.5) is 10.5 Å². The molecule has 2 rings (SSSR count). The van der Waals surface area contributed by atoms with Gasteiger partial charge in [0.1, 0.15) is 0 Å². The van der Waals surface area contributed by atoms with Crippen LogP contribution < -0.4 is 10.6 Å². The van der Waals surface area contributed by atoms with Crippen LogP contribution in [0.1, 0.15) is 37.0 Å². The molecular formula is C16H22N2O3. The van der Waals surface area contributed by atoms with Crippen LogP contribution in [0, 0.1) is 5.92 Å². The molecule has 5 heteroatoms. The highest BCUT2D eigenvalue weighted by Crippen LogP contribution is 2.18. The van der Waals surface area contributed by atoms with Crippen LogP contribution in [-0.2, 0) is 4.74 Å². The van der Waals surface area contributed by atoms with E-state index < -0.39 is 0 Å². The van der Waals surface area contributed by atoms with E-state index in [1.807, 2.05) is 6.92 Å². The lowest BCUT2D eigenvalue weighted by atomic mass is 9.93. The first-order valence-corrected chi connectivity index (χ1v) is 7.32. The van der Waals surface area contributed by atoms with E-state index in [-0.39, 0.29) is 17.9 Å². The van der Waals surface area contributed by atoms with Gasteiger partial charge in [-0.15, -0.1) is 0 Å². The van der Waals surface area contributed by atoms with Crippen molar-refractivity contribution in [3.8, 4) is 0 Å². The van der Waals surface area contributed by atoms with E-state index in [1.165, 1.54) is 6.92 Å². The van der Waals surface area contributed by atoms with E-state index in [4.69, 9.17) is 4.74 Å². The lowest BCUT2D eigenvalue weighted by Crippen LogP contribution is -2.42. The smallest absolute Gasteiger partial charge is 0.319 e. The molecule has 1 heterocycles. The van der Waals surface area contributed by atoms with Gasteiger partial charge in [-0.3, -0.25) is 4.79 Å². The number of nitrogens with one attached hydrogen (secondary N) is 2. The predicted octanol–water partition coefficient (Wildman–Crippen LogP) is 2.83. The number of rotatable bonds is 4. The zero-order valence-electron chi connectivity index (χ0n) is 12.5. The van der Waals surface area contributed by atoms with Crippen molar-refractivity contribution < 1.29 is 14.3 Å². The Bertz CT molecular complexity index is 493. The van der Waals surface area contributed by atoms with Gasteiger partial charge in [0.25, 0.3) is 0 Å². The summed E-state index contributed by atoms with van der Waals surface area (Å²) in [6, 6.07) is 6.78. The molecule has 0 aliphatic carbocycles. The van der Waals surface area contributed by atoms with Crippen LogP contribution >= 0.6 is 0 Å². The van der Waals surface area contributed by atoms with E-state index in [0.717, 1.165) is 26.1 Å².